The highest BCUT2D eigenvalue weighted by atomic mass is 32.2. The molecule has 1 fully saturated rings. The molecule has 0 amide bonds. The normalized spacial score (nSPS) is 18.8. The maximum atomic E-state index is 11.8. The first-order valence-corrected chi connectivity index (χ1v) is 6.30. The Morgan fingerprint density at radius 1 is 1.38 bits per heavy atom. The van der Waals surface area contributed by atoms with E-state index < -0.39 is 10.2 Å². The molecule has 1 aromatic heterocycles. The summed E-state index contributed by atoms with van der Waals surface area (Å²) in [4.78, 5) is 0. The minimum atomic E-state index is -3.44. The van der Waals surface area contributed by atoms with Crippen LogP contribution in [0, 0.1) is 0 Å². The minimum absolute atomic E-state index is 0.0444. The molecule has 3 N–H and O–H groups in total. The molecule has 1 aliphatic rings. The maximum Gasteiger partial charge on any atom is 0.279 e. The third-order valence-electron chi connectivity index (χ3n) is 2.22. The van der Waals surface area contributed by atoms with Crippen LogP contribution >= 0.6 is 0 Å². The van der Waals surface area contributed by atoms with Gasteiger partial charge in [-0.3, -0.25) is 0 Å². The molecule has 2 rings (SSSR count). The van der Waals surface area contributed by atoms with Gasteiger partial charge in [-0.1, -0.05) is 5.21 Å². The third kappa shape index (κ3) is 2.72. The number of hydrogen-bond acceptors (Lipinski definition) is 6. The lowest BCUT2D eigenvalue weighted by molar-refractivity contribution is 0.354. The monoisotopic (exact) mass is 247 g/mol. The van der Waals surface area contributed by atoms with Gasteiger partial charge in [-0.15, -0.1) is 10.2 Å². The van der Waals surface area contributed by atoms with E-state index in [-0.39, 0.29) is 6.54 Å². The van der Waals surface area contributed by atoms with E-state index in [2.05, 4.69) is 30.7 Å². The van der Waals surface area contributed by atoms with Crippen LogP contribution in [0.15, 0.2) is 0 Å². The summed E-state index contributed by atoms with van der Waals surface area (Å²) in [5, 5.41) is 16.0. The van der Waals surface area contributed by atoms with Crippen LogP contribution in [-0.4, -0.2) is 59.5 Å². The number of piperazine rings is 1. The molecule has 0 atom stereocenters. The summed E-state index contributed by atoms with van der Waals surface area (Å²) in [5.74, 6) is 0.318. The van der Waals surface area contributed by atoms with E-state index in [9.17, 15) is 8.42 Å². The Kier molecular flexibility index (Phi) is 3.43. The molecular formula is C6H13N7O2S. The summed E-state index contributed by atoms with van der Waals surface area (Å²) in [5.41, 5.74) is 0. The van der Waals surface area contributed by atoms with Crippen molar-refractivity contribution in [2.24, 2.45) is 0 Å². The Hall–Kier alpha value is -1.10. The summed E-state index contributed by atoms with van der Waals surface area (Å²) in [7, 11) is -3.44. The fourth-order valence-corrected chi connectivity index (χ4v) is 2.55. The van der Waals surface area contributed by atoms with Gasteiger partial charge in [-0.25, -0.2) is 0 Å². The quantitative estimate of drug-likeness (QED) is 0.539. The van der Waals surface area contributed by atoms with Crippen LogP contribution in [-0.2, 0) is 16.8 Å². The Morgan fingerprint density at radius 3 is 2.75 bits per heavy atom. The standard InChI is InChI=1S/C6H13N7O2S/c14-16(15,13-3-1-7-2-4-13)8-5-6-9-11-12-10-6/h7-8H,1-5H2,(H,9,10,11,12). The zero-order chi connectivity index (χ0) is 11.4. The molecule has 1 aliphatic heterocycles. The summed E-state index contributed by atoms with van der Waals surface area (Å²) >= 11 is 0. The van der Waals surface area contributed by atoms with E-state index in [1.54, 1.807) is 0 Å². The molecule has 0 aromatic carbocycles. The zero-order valence-corrected chi connectivity index (χ0v) is 9.37. The topological polar surface area (TPSA) is 116 Å². The second-order valence-electron chi connectivity index (χ2n) is 3.30. The fraction of sp³-hybridized carbons (Fsp3) is 0.833. The van der Waals surface area contributed by atoms with Crippen molar-refractivity contribution in [1.29, 1.82) is 0 Å². The molecule has 0 radical (unpaired) electrons. The molecule has 0 aliphatic carbocycles. The Morgan fingerprint density at radius 2 is 2.12 bits per heavy atom. The molecule has 10 heteroatoms. The molecule has 0 saturated carbocycles. The molecular weight excluding hydrogens is 234 g/mol. The lowest BCUT2D eigenvalue weighted by Crippen LogP contribution is -2.50. The van der Waals surface area contributed by atoms with Gasteiger partial charge in [0.1, 0.15) is 0 Å². The second kappa shape index (κ2) is 4.82. The van der Waals surface area contributed by atoms with Crippen LogP contribution in [0.3, 0.4) is 0 Å². The molecule has 2 heterocycles. The average Bonchev–Trinajstić information content (AvgIpc) is 2.81. The fourth-order valence-electron chi connectivity index (χ4n) is 1.39. The van der Waals surface area contributed by atoms with Gasteiger partial charge in [-0.05, 0) is 0 Å². The van der Waals surface area contributed by atoms with E-state index in [0.29, 0.717) is 32.0 Å². The summed E-state index contributed by atoms with van der Waals surface area (Å²) in [6, 6.07) is 0. The van der Waals surface area contributed by atoms with Gasteiger partial charge in [0.15, 0.2) is 5.82 Å². The highest BCUT2D eigenvalue weighted by Crippen LogP contribution is 2.00. The number of nitrogens with zero attached hydrogens (tertiary/aromatic N) is 4. The number of rotatable bonds is 4. The van der Waals surface area contributed by atoms with E-state index in [1.807, 2.05) is 0 Å². The largest absolute Gasteiger partial charge is 0.314 e. The first-order valence-electron chi connectivity index (χ1n) is 4.86. The van der Waals surface area contributed by atoms with Crippen molar-refractivity contribution in [2.45, 2.75) is 6.54 Å². The van der Waals surface area contributed by atoms with Gasteiger partial charge in [0, 0.05) is 26.2 Å². The minimum Gasteiger partial charge on any atom is -0.314 e. The zero-order valence-electron chi connectivity index (χ0n) is 8.55. The second-order valence-corrected chi connectivity index (χ2v) is 5.06. The summed E-state index contributed by atoms with van der Waals surface area (Å²) in [6.45, 7) is 2.33. The Balaban J connectivity index is 1.91. The predicted molar refractivity (Wildman–Crippen MR) is 54.4 cm³/mol. The van der Waals surface area contributed by atoms with Crippen LogP contribution < -0.4 is 10.0 Å². The van der Waals surface area contributed by atoms with Gasteiger partial charge in [-0.2, -0.15) is 22.7 Å². The van der Waals surface area contributed by atoms with Crippen molar-refractivity contribution in [3.63, 3.8) is 0 Å². The van der Waals surface area contributed by atoms with Gasteiger partial charge in [0.2, 0.25) is 0 Å². The average molecular weight is 247 g/mol. The van der Waals surface area contributed by atoms with Crippen LogP contribution in [0.1, 0.15) is 5.82 Å². The summed E-state index contributed by atoms with van der Waals surface area (Å²) in [6.07, 6.45) is 0. The number of aromatic nitrogens is 4. The number of hydrogen-bond donors (Lipinski definition) is 3. The van der Waals surface area contributed by atoms with Crippen molar-refractivity contribution < 1.29 is 8.42 Å². The first-order chi connectivity index (χ1) is 7.68. The SMILES string of the molecule is O=S(=O)(NCc1nn[nH]n1)N1CCNCC1. The molecule has 16 heavy (non-hydrogen) atoms. The van der Waals surface area contributed by atoms with Crippen molar-refractivity contribution in [1.82, 2.24) is 35.0 Å². The van der Waals surface area contributed by atoms with Crippen molar-refractivity contribution in [3.8, 4) is 0 Å². The van der Waals surface area contributed by atoms with Crippen molar-refractivity contribution in [2.75, 3.05) is 26.2 Å². The van der Waals surface area contributed by atoms with Gasteiger partial charge >= 0.3 is 0 Å². The van der Waals surface area contributed by atoms with Crippen LogP contribution in [0.25, 0.3) is 0 Å². The Labute approximate surface area is 92.8 Å². The first kappa shape index (κ1) is 11.4. The number of aromatic amines is 1. The number of tetrazole rings is 1. The molecule has 90 valence electrons. The number of H-pyrrole nitrogens is 1. The summed E-state index contributed by atoms with van der Waals surface area (Å²) < 4.78 is 27.4. The highest BCUT2D eigenvalue weighted by molar-refractivity contribution is 7.87. The number of nitrogens with one attached hydrogen (secondary N) is 3. The van der Waals surface area contributed by atoms with Crippen LogP contribution in [0.5, 0.6) is 0 Å². The van der Waals surface area contributed by atoms with E-state index >= 15 is 0 Å². The predicted octanol–water partition coefficient (Wildman–Crippen LogP) is -2.56. The van der Waals surface area contributed by atoms with Crippen LogP contribution in [0.4, 0.5) is 0 Å². The molecule has 9 nitrogen and oxygen atoms in total. The maximum absolute atomic E-state index is 11.8. The van der Waals surface area contributed by atoms with Gasteiger partial charge in [0.05, 0.1) is 6.54 Å². The highest BCUT2D eigenvalue weighted by Gasteiger charge is 2.23. The van der Waals surface area contributed by atoms with Gasteiger partial charge < -0.3 is 5.32 Å². The molecule has 0 unspecified atom stereocenters. The van der Waals surface area contributed by atoms with Gasteiger partial charge in [0.25, 0.3) is 10.2 Å². The Bertz CT molecular complexity index is 410. The smallest absolute Gasteiger partial charge is 0.279 e. The van der Waals surface area contributed by atoms with E-state index in [0.717, 1.165) is 0 Å². The van der Waals surface area contributed by atoms with Crippen molar-refractivity contribution >= 4 is 10.2 Å². The van der Waals surface area contributed by atoms with E-state index in [4.69, 9.17) is 0 Å². The molecule has 0 bridgehead atoms. The molecule has 1 aromatic rings. The molecule has 0 spiro atoms. The lowest BCUT2D eigenvalue weighted by atomic mass is 10.4. The van der Waals surface area contributed by atoms with Crippen molar-refractivity contribution in [3.05, 3.63) is 5.82 Å². The molecule has 1 saturated heterocycles. The van der Waals surface area contributed by atoms with Crippen LogP contribution in [0.2, 0.25) is 0 Å². The van der Waals surface area contributed by atoms with E-state index in [1.165, 1.54) is 4.31 Å². The third-order valence-corrected chi connectivity index (χ3v) is 3.77. The lowest BCUT2D eigenvalue weighted by Gasteiger charge is -2.26.